The van der Waals surface area contributed by atoms with E-state index < -0.39 is 21.8 Å². The summed E-state index contributed by atoms with van der Waals surface area (Å²) >= 11 is 6.14. The maximum atomic E-state index is 13.1. The molecule has 3 aromatic rings. The first-order valence-electron chi connectivity index (χ1n) is 12.1. The molecule has 8 nitrogen and oxygen atoms in total. The molecule has 0 heterocycles. The molecule has 0 saturated carbocycles. The highest BCUT2D eigenvalue weighted by atomic mass is 35.5. The van der Waals surface area contributed by atoms with Crippen LogP contribution in [-0.2, 0) is 25.8 Å². The van der Waals surface area contributed by atoms with Crippen LogP contribution in [0.15, 0.2) is 71.6 Å². The van der Waals surface area contributed by atoms with E-state index in [1.54, 1.807) is 37.3 Å². The van der Waals surface area contributed by atoms with Gasteiger partial charge in [0.25, 0.3) is 0 Å². The van der Waals surface area contributed by atoms with Crippen LogP contribution < -0.4 is 15.8 Å². The van der Waals surface area contributed by atoms with Gasteiger partial charge in [-0.1, -0.05) is 48.0 Å². The summed E-state index contributed by atoms with van der Waals surface area (Å²) in [5.41, 5.74) is 8.73. The number of hydrogen-bond acceptors (Lipinski definition) is 7. The lowest BCUT2D eigenvalue weighted by Gasteiger charge is -2.21. The molecule has 202 valence electrons. The zero-order chi connectivity index (χ0) is 27.7. The molecule has 0 aliphatic heterocycles. The summed E-state index contributed by atoms with van der Waals surface area (Å²) in [5, 5.41) is 10.8. The van der Waals surface area contributed by atoms with Gasteiger partial charge in [-0.2, -0.15) is 0 Å². The number of nitrogens with one attached hydrogen (secondary N) is 2. The highest BCUT2D eigenvalue weighted by molar-refractivity contribution is 7.91. The number of amidine groups is 1. The third-order valence-corrected chi connectivity index (χ3v) is 7.97. The summed E-state index contributed by atoms with van der Waals surface area (Å²) in [6.07, 6.45) is 0.508. The Morgan fingerprint density at radius 1 is 1.11 bits per heavy atom. The van der Waals surface area contributed by atoms with Gasteiger partial charge in [0.05, 0.1) is 41.3 Å². The molecule has 3 aromatic carbocycles. The van der Waals surface area contributed by atoms with Gasteiger partial charge in [0, 0.05) is 23.7 Å². The van der Waals surface area contributed by atoms with E-state index in [1.807, 2.05) is 31.2 Å². The van der Waals surface area contributed by atoms with E-state index in [0.29, 0.717) is 30.0 Å². The summed E-state index contributed by atoms with van der Waals surface area (Å²) in [6.45, 7) is 4.21. The van der Waals surface area contributed by atoms with E-state index in [2.05, 4.69) is 5.32 Å². The normalized spacial score (nSPS) is 12.0. The third-order valence-electron chi connectivity index (χ3n) is 5.66. The third kappa shape index (κ3) is 8.49. The average molecular weight is 558 g/mol. The highest BCUT2D eigenvalue weighted by Gasteiger charge is 2.26. The minimum Gasteiger partial charge on any atom is -0.493 e. The Balaban J connectivity index is 1.73. The first kappa shape index (κ1) is 29.0. The number of rotatable bonds is 13. The molecule has 1 unspecified atom stereocenters. The van der Waals surface area contributed by atoms with Crippen LogP contribution in [0.25, 0.3) is 0 Å². The van der Waals surface area contributed by atoms with Crippen LogP contribution >= 0.6 is 11.6 Å². The Bertz CT molecular complexity index is 1380. The monoisotopic (exact) mass is 557 g/mol. The molecular weight excluding hydrogens is 526 g/mol. The summed E-state index contributed by atoms with van der Waals surface area (Å²) < 4.78 is 37.3. The second-order valence-corrected chi connectivity index (χ2v) is 11.2. The molecule has 1 atom stereocenters. The first-order chi connectivity index (χ1) is 18.1. The molecule has 10 heteroatoms. The topological polar surface area (TPSA) is 132 Å². The largest absolute Gasteiger partial charge is 0.493 e. The Morgan fingerprint density at radius 2 is 1.82 bits per heavy atom. The number of carbonyl (C=O) groups excluding carboxylic acids is 1. The molecule has 4 N–H and O–H groups in total. The first-order valence-corrected chi connectivity index (χ1v) is 14.2. The van der Waals surface area contributed by atoms with Gasteiger partial charge in [-0.15, -0.1) is 0 Å². The molecule has 0 spiro atoms. The quantitative estimate of drug-likeness (QED) is 0.157. The molecule has 0 aliphatic rings. The molecule has 0 radical (unpaired) electrons. The molecule has 0 amide bonds. The molecule has 0 aromatic heterocycles. The van der Waals surface area contributed by atoms with Crippen molar-refractivity contribution in [1.29, 1.82) is 5.41 Å². The van der Waals surface area contributed by atoms with Gasteiger partial charge in [0.2, 0.25) is 0 Å². The number of nitrogens with two attached hydrogens (primary N) is 1. The van der Waals surface area contributed by atoms with E-state index in [-0.39, 0.29) is 34.5 Å². The van der Waals surface area contributed by atoms with Crippen LogP contribution in [0.4, 0.5) is 5.69 Å². The molecule has 0 fully saturated rings. The van der Waals surface area contributed by atoms with Crippen molar-refractivity contribution < 1.29 is 22.7 Å². The second kappa shape index (κ2) is 13.3. The van der Waals surface area contributed by atoms with Crippen LogP contribution in [0.5, 0.6) is 5.75 Å². The standard InChI is InChI=1S/C28H32ClN3O5S/c1-3-36-27(33)17-23(18-38(34,35)26-7-5-4-6-25(26)29)32-22-14-19(2)15-24(16-22)37-13-12-20-8-10-21(11-9-20)28(30)31/h4-11,14-16,23,32H,3,12-13,17-18H2,1-2H3,(H3,30,31). The van der Waals surface area contributed by atoms with Gasteiger partial charge < -0.3 is 20.5 Å². The zero-order valence-electron chi connectivity index (χ0n) is 21.4. The van der Waals surface area contributed by atoms with Crippen LogP contribution in [0.2, 0.25) is 5.02 Å². The fourth-order valence-corrected chi connectivity index (χ4v) is 5.96. The lowest BCUT2D eigenvalue weighted by molar-refractivity contribution is -0.143. The summed E-state index contributed by atoms with van der Waals surface area (Å²) in [7, 11) is -3.80. The van der Waals surface area contributed by atoms with Crippen molar-refractivity contribution in [2.75, 3.05) is 24.3 Å². The van der Waals surface area contributed by atoms with Crippen molar-refractivity contribution in [3.05, 3.63) is 88.4 Å². The Morgan fingerprint density at radius 3 is 2.47 bits per heavy atom. The summed E-state index contributed by atoms with van der Waals surface area (Å²) in [5.74, 6) is -0.222. The predicted molar refractivity (Wildman–Crippen MR) is 150 cm³/mol. The van der Waals surface area contributed by atoms with Crippen molar-refractivity contribution in [3.63, 3.8) is 0 Å². The number of anilines is 1. The van der Waals surface area contributed by atoms with E-state index in [0.717, 1.165) is 11.1 Å². The zero-order valence-corrected chi connectivity index (χ0v) is 22.9. The van der Waals surface area contributed by atoms with Crippen molar-refractivity contribution in [1.82, 2.24) is 0 Å². The van der Waals surface area contributed by atoms with Gasteiger partial charge in [-0.3, -0.25) is 10.2 Å². The molecule has 0 aliphatic carbocycles. The maximum absolute atomic E-state index is 13.1. The van der Waals surface area contributed by atoms with Gasteiger partial charge in [-0.25, -0.2) is 8.42 Å². The van der Waals surface area contributed by atoms with E-state index in [9.17, 15) is 13.2 Å². The SMILES string of the molecule is CCOC(=O)CC(CS(=O)(=O)c1ccccc1Cl)Nc1cc(C)cc(OCCc2ccc(C(=N)N)cc2)c1. The molecule has 0 bridgehead atoms. The Labute approximate surface area is 228 Å². The second-order valence-electron chi connectivity index (χ2n) is 8.81. The van der Waals surface area contributed by atoms with Crippen LogP contribution in [-0.4, -0.2) is 45.2 Å². The predicted octanol–water partition coefficient (Wildman–Crippen LogP) is 4.76. The van der Waals surface area contributed by atoms with E-state index in [4.69, 9.17) is 32.2 Å². The lowest BCUT2D eigenvalue weighted by atomic mass is 10.1. The fraction of sp³-hybridized carbons (Fsp3) is 0.286. The summed E-state index contributed by atoms with van der Waals surface area (Å²) in [6, 6.07) is 18.4. The molecule has 0 saturated heterocycles. The number of sulfone groups is 1. The van der Waals surface area contributed by atoms with Gasteiger partial charge >= 0.3 is 5.97 Å². The smallest absolute Gasteiger partial charge is 0.307 e. The van der Waals surface area contributed by atoms with Crippen molar-refractivity contribution >= 4 is 38.9 Å². The van der Waals surface area contributed by atoms with E-state index >= 15 is 0 Å². The van der Waals surface area contributed by atoms with Crippen molar-refractivity contribution in [3.8, 4) is 5.75 Å². The van der Waals surface area contributed by atoms with Crippen molar-refractivity contribution in [2.24, 2.45) is 5.73 Å². The summed E-state index contributed by atoms with van der Waals surface area (Å²) in [4.78, 5) is 12.3. The number of benzene rings is 3. The number of hydrogen-bond donors (Lipinski definition) is 3. The van der Waals surface area contributed by atoms with Crippen LogP contribution in [0.1, 0.15) is 30.0 Å². The van der Waals surface area contributed by atoms with Crippen LogP contribution in [0, 0.1) is 12.3 Å². The number of halogens is 1. The minimum absolute atomic E-state index is 0.0157. The molecular formula is C28H32ClN3O5S. The Kier molecular flexibility index (Phi) is 10.2. The number of ether oxygens (including phenoxy) is 2. The Hall–Kier alpha value is -3.56. The lowest BCUT2D eigenvalue weighted by Crippen LogP contribution is -2.32. The number of nitrogen functional groups attached to an aromatic ring is 1. The fourth-order valence-electron chi connectivity index (χ4n) is 3.91. The van der Waals surface area contributed by atoms with Gasteiger partial charge in [-0.05, 0) is 49.2 Å². The minimum atomic E-state index is -3.80. The maximum Gasteiger partial charge on any atom is 0.307 e. The van der Waals surface area contributed by atoms with Crippen molar-refractivity contribution in [2.45, 2.75) is 37.6 Å². The van der Waals surface area contributed by atoms with Gasteiger partial charge in [0.15, 0.2) is 9.84 Å². The average Bonchev–Trinajstić information content (AvgIpc) is 2.84. The number of esters is 1. The molecule has 38 heavy (non-hydrogen) atoms. The number of aryl methyl sites for hydroxylation is 1. The van der Waals surface area contributed by atoms with Crippen LogP contribution in [0.3, 0.4) is 0 Å². The molecule has 3 rings (SSSR count). The van der Waals surface area contributed by atoms with Gasteiger partial charge in [0.1, 0.15) is 11.6 Å². The van der Waals surface area contributed by atoms with E-state index in [1.165, 1.54) is 12.1 Å². The highest BCUT2D eigenvalue weighted by Crippen LogP contribution is 2.26. The number of carbonyl (C=O) groups is 1.